The van der Waals surface area contributed by atoms with Gasteiger partial charge in [-0.05, 0) is 38.0 Å². The number of carboxylic acids is 1. The topological polar surface area (TPSA) is 92.4 Å². The lowest BCUT2D eigenvalue weighted by Crippen LogP contribution is -2.32. The summed E-state index contributed by atoms with van der Waals surface area (Å²) < 4.78 is 0.746. The minimum absolute atomic E-state index is 0.0768. The molecule has 0 aliphatic rings. The van der Waals surface area contributed by atoms with E-state index < -0.39 is 5.97 Å². The molecule has 104 valence electrons. The Morgan fingerprint density at radius 3 is 2.68 bits per heavy atom. The summed E-state index contributed by atoms with van der Waals surface area (Å²) in [7, 11) is 0. The maximum atomic E-state index is 12.0. The molecular weight excluding hydrogens is 312 g/mol. The number of nitrogen functional groups attached to an aromatic ring is 1. The summed E-state index contributed by atoms with van der Waals surface area (Å²) in [6.45, 7) is 1.85. The van der Waals surface area contributed by atoms with E-state index in [1.807, 2.05) is 6.92 Å². The van der Waals surface area contributed by atoms with Gasteiger partial charge in [-0.2, -0.15) is 0 Å². The minimum Gasteiger partial charge on any atom is -0.481 e. The third-order valence-corrected chi connectivity index (χ3v) is 3.05. The number of anilines is 1. The lowest BCUT2D eigenvalue weighted by atomic mass is 10.1. The molecule has 6 heteroatoms. The Hall–Kier alpha value is -1.56. The van der Waals surface area contributed by atoms with Crippen molar-refractivity contribution in [1.82, 2.24) is 5.32 Å². The van der Waals surface area contributed by atoms with Crippen LogP contribution in [0.4, 0.5) is 5.69 Å². The Morgan fingerprint density at radius 2 is 2.11 bits per heavy atom. The van der Waals surface area contributed by atoms with Gasteiger partial charge in [-0.3, -0.25) is 9.59 Å². The second-order valence-electron chi connectivity index (χ2n) is 4.43. The van der Waals surface area contributed by atoms with Crippen LogP contribution in [0.25, 0.3) is 0 Å². The number of rotatable bonds is 6. The summed E-state index contributed by atoms with van der Waals surface area (Å²) in [5.74, 6) is -1.03. The van der Waals surface area contributed by atoms with Crippen molar-refractivity contribution in [2.24, 2.45) is 0 Å². The molecular formula is C13H17BrN2O3. The lowest BCUT2D eigenvalue weighted by molar-refractivity contribution is -0.137. The van der Waals surface area contributed by atoms with Gasteiger partial charge >= 0.3 is 5.97 Å². The van der Waals surface area contributed by atoms with Gasteiger partial charge in [0.05, 0.1) is 0 Å². The van der Waals surface area contributed by atoms with Crippen molar-refractivity contribution in [3.05, 3.63) is 28.2 Å². The Bertz CT molecular complexity index is 457. The number of amides is 1. The first-order valence-electron chi connectivity index (χ1n) is 5.97. The number of carbonyl (C=O) groups is 2. The first-order valence-corrected chi connectivity index (χ1v) is 6.76. The van der Waals surface area contributed by atoms with Crippen LogP contribution in [0.3, 0.4) is 0 Å². The van der Waals surface area contributed by atoms with E-state index in [0.29, 0.717) is 24.1 Å². The van der Waals surface area contributed by atoms with Crippen molar-refractivity contribution in [3.63, 3.8) is 0 Å². The molecule has 0 radical (unpaired) electrons. The third-order valence-electron chi connectivity index (χ3n) is 2.59. The number of hydrogen-bond donors (Lipinski definition) is 3. The number of nitrogens with two attached hydrogens (primary N) is 1. The summed E-state index contributed by atoms with van der Waals surface area (Å²) in [5.41, 5.74) is 6.66. The molecule has 1 aromatic carbocycles. The van der Waals surface area contributed by atoms with Crippen LogP contribution in [-0.2, 0) is 4.79 Å². The maximum Gasteiger partial charge on any atom is 0.303 e. The smallest absolute Gasteiger partial charge is 0.303 e. The lowest BCUT2D eigenvalue weighted by Gasteiger charge is -2.13. The quantitative estimate of drug-likeness (QED) is 0.699. The average Bonchev–Trinajstić information content (AvgIpc) is 2.26. The molecule has 1 amide bonds. The predicted octanol–water partition coefficient (Wildman–Crippen LogP) is 2.40. The molecule has 0 fully saturated rings. The highest BCUT2D eigenvalue weighted by atomic mass is 79.9. The molecule has 4 N–H and O–H groups in total. The summed E-state index contributed by atoms with van der Waals surface area (Å²) in [5, 5.41) is 11.4. The molecule has 0 aliphatic carbocycles. The van der Waals surface area contributed by atoms with Gasteiger partial charge < -0.3 is 16.2 Å². The fourth-order valence-electron chi connectivity index (χ4n) is 1.68. The number of carbonyl (C=O) groups excluding carboxylic acids is 1. The largest absolute Gasteiger partial charge is 0.481 e. The van der Waals surface area contributed by atoms with Crippen LogP contribution >= 0.6 is 15.9 Å². The van der Waals surface area contributed by atoms with E-state index in [2.05, 4.69) is 21.2 Å². The number of carboxylic acid groups (broad SMARTS) is 1. The van der Waals surface area contributed by atoms with E-state index in [0.717, 1.165) is 4.47 Å². The SMILES string of the molecule is CC(CCCC(=O)O)NC(=O)c1cc(N)cc(Br)c1. The molecule has 0 bridgehead atoms. The van der Waals surface area contributed by atoms with Gasteiger partial charge in [0, 0.05) is 28.2 Å². The van der Waals surface area contributed by atoms with Crippen molar-refractivity contribution >= 4 is 33.5 Å². The average molecular weight is 329 g/mol. The van der Waals surface area contributed by atoms with E-state index in [1.54, 1.807) is 18.2 Å². The van der Waals surface area contributed by atoms with Gasteiger partial charge in [0.15, 0.2) is 0 Å². The van der Waals surface area contributed by atoms with Crippen LogP contribution in [-0.4, -0.2) is 23.0 Å². The van der Waals surface area contributed by atoms with Gasteiger partial charge in [-0.15, -0.1) is 0 Å². The Morgan fingerprint density at radius 1 is 1.42 bits per heavy atom. The molecule has 0 saturated carbocycles. The fourth-order valence-corrected chi connectivity index (χ4v) is 2.19. The Kier molecular flexibility index (Phi) is 5.82. The summed E-state index contributed by atoms with van der Waals surface area (Å²) >= 11 is 3.28. The fraction of sp³-hybridized carbons (Fsp3) is 0.385. The van der Waals surface area contributed by atoms with E-state index in [1.165, 1.54) is 0 Å². The van der Waals surface area contributed by atoms with Gasteiger partial charge in [0.2, 0.25) is 0 Å². The highest BCUT2D eigenvalue weighted by Crippen LogP contribution is 2.17. The summed E-state index contributed by atoms with van der Waals surface area (Å²) in [4.78, 5) is 22.3. The van der Waals surface area contributed by atoms with Crippen LogP contribution in [0, 0.1) is 0 Å². The molecule has 0 spiro atoms. The van der Waals surface area contributed by atoms with E-state index >= 15 is 0 Å². The Labute approximate surface area is 120 Å². The monoisotopic (exact) mass is 328 g/mol. The van der Waals surface area contributed by atoms with Crippen molar-refractivity contribution in [2.45, 2.75) is 32.2 Å². The van der Waals surface area contributed by atoms with Crippen LogP contribution in [0.5, 0.6) is 0 Å². The van der Waals surface area contributed by atoms with Gasteiger partial charge in [0.25, 0.3) is 5.91 Å². The normalized spacial score (nSPS) is 11.9. The maximum absolute atomic E-state index is 12.0. The number of nitrogens with one attached hydrogen (secondary N) is 1. The molecule has 5 nitrogen and oxygen atoms in total. The minimum atomic E-state index is -0.821. The highest BCUT2D eigenvalue weighted by molar-refractivity contribution is 9.10. The first kappa shape index (κ1) is 15.5. The van der Waals surface area contributed by atoms with Crippen LogP contribution in [0.1, 0.15) is 36.5 Å². The van der Waals surface area contributed by atoms with E-state index in [-0.39, 0.29) is 18.4 Å². The molecule has 1 rings (SSSR count). The van der Waals surface area contributed by atoms with Crippen LogP contribution < -0.4 is 11.1 Å². The standard InChI is InChI=1S/C13H17BrN2O3/c1-8(3-2-4-12(17)18)16-13(19)9-5-10(14)7-11(15)6-9/h5-8H,2-4,15H2,1H3,(H,16,19)(H,17,18). The van der Waals surface area contributed by atoms with E-state index in [4.69, 9.17) is 10.8 Å². The molecule has 0 aliphatic heterocycles. The molecule has 0 saturated heterocycles. The Balaban J connectivity index is 2.51. The summed E-state index contributed by atoms with van der Waals surface area (Å²) in [6.07, 6.45) is 1.28. The van der Waals surface area contributed by atoms with Crippen molar-refractivity contribution in [2.75, 3.05) is 5.73 Å². The van der Waals surface area contributed by atoms with Gasteiger partial charge in [0.1, 0.15) is 0 Å². The number of halogens is 1. The molecule has 1 unspecified atom stereocenters. The molecule has 19 heavy (non-hydrogen) atoms. The molecule has 1 aromatic rings. The predicted molar refractivity (Wildman–Crippen MR) is 77.0 cm³/mol. The number of benzene rings is 1. The molecule has 1 atom stereocenters. The van der Waals surface area contributed by atoms with Gasteiger partial charge in [-0.25, -0.2) is 0 Å². The van der Waals surface area contributed by atoms with Crippen molar-refractivity contribution < 1.29 is 14.7 Å². The zero-order valence-electron chi connectivity index (χ0n) is 10.6. The van der Waals surface area contributed by atoms with E-state index in [9.17, 15) is 9.59 Å². The van der Waals surface area contributed by atoms with Crippen LogP contribution in [0.15, 0.2) is 22.7 Å². The number of hydrogen-bond acceptors (Lipinski definition) is 3. The third kappa shape index (κ3) is 5.74. The molecule has 0 heterocycles. The second kappa shape index (κ2) is 7.13. The highest BCUT2D eigenvalue weighted by Gasteiger charge is 2.11. The second-order valence-corrected chi connectivity index (χ2v) is 5.35. The zero-order valence-corrected chi connectivity index (χ0v) is 12.2. The molecule has 0 aromatic heterocycles. The van der Waals surface area contributed by atoms with Gasteiger partial charge in [-0.1, -0.05) is 15.9 Å². The summed E-state index contributed by atoms with van der Waals surface area (Å²) in [6, 6.07) is 4.93. The van der Waals surface area contributed by atoms with Crippen LogP contribution in [0.2, 0.25) is 0 Å². The van der Waals surface area contributed by atoms with Crippen molar-refractivity contribution in [1.29, 1.82) is 0 Å². The van der Waals surface area contributed by atoms with Crippen molar-refractivity contribution in [3.8, 4) is 0 Å². The zero-order chi connectivity index (χ0) is 14.4. The first-order chi connectivity index (χ1) is 8.88. The number of aliphatic carboxylic acids is 1.